The van der Waals surface area contributed by atoms with Gasteiger partial charge in [-0.1, -0.05) is 38.3 Å². The largest absolute Gasteiger partial charge is 0.385 e. The molecule has 1 aromatic rings. The van der Waals surface area contributed by atoms with Crippen LogP contribution >= 0.6 is 11.6 Å². The fourth-order valence-electron chi connectivity index (χ4n) is 1.82. The molecule has 0 heterocycles. The highest BCUT2D eigenvalue weighted by molar-refractivity contribution is 6.33. The predicted molar refractivity (Wildman–Crippen MR) is 78.3 cm³/mol. The summed E-state index contributed by atoms with van der Waals surface area (Å²) < 4.78 is 0. The quantitative estimate of drug-likeness (QED) is 0.816. The van der Waals surface area contributed by atoms with Crippen LogP contribution in [0.25, 0.3) is 0 Å². The molecule has 0 radical (unpaired) electrons. The van der Waals surface area contributed by atoms with Gasteiger partial charge in [0.2, 0.25) is 0 Å². The van der Waals surface area contributed by atoms with Gasteiger partial charge in [-0.15, -0.1) is 0 Å². The molecule has 0 spiro atoms. The smallest absolute Gasteiger partial charge is 0.0659 e. The maximum Gasteiger partial charge on any atom is 0.0659 e. The van der Waals surface area contributed by atoms with E-state index in [1.54, 1.807) is 0 Å². The van der Waals surface area contributed by atoms with E-state index in [2.05, 4.69) is 31.3 Å². The Hall–Kier alpha value is -0.890. The van der Waals surface area contributed by atoms with Crippen LogP contribution in [-0.4, -0.2) is 20.6 Å². The van der Waals surface area contributed by atoms with Crippen molar-refractivity contribution in [2.75, 3.05) is 30.9 Å². The number of halogens is 1. The lowest BCUT2D eigenvalue weighted by Gasteiger charge is -2.17. The van der Waals surface area contributed by atoms with E-state index in [0.717, 1.165) is 28.9 Å². The summed E-state index contributed by atoms with van der Waals surface area (Å²) >= 11 is 6.23. The number of benzene rings is 1. The molecule has 1 rings (SSSR count). The molecule has 0 aromatic heterocycles. The van der Waals surface area contributed by atoms with E-state index < -0.39 is 0 Å². The van der Waals surface area contributed by atoms with Crippen LogP contribution < -0.4 is 10.2 Å². The molecule has 3 heteroatoms. The Balaban J connectivity index is 2.64. The minimum Gasteiger partial charge on any atom is -0.385 e. The Labute approximate surface area is 110 Å². The summed E-state index contributed by atoms with van der Waals surface area (Å²) in [6.07, 6.45) is 2.43. The number of rotatable bonds is 6. The van der Waals surface area contributed by atoms with Gasteiger partial charge in [0.25, 0.3) is 0 Å². The fourth-order valence-corrected chi connectivity index (χ4v) is 2.17. The maximum absolute atomic E-state index is 6.23. The third-order valence-corrected chi connectivity index (χ3v) is 3.48. The molecule has 0 fully saturated rings. The Morgan fingerprint density at radius 3 is 2.35 bits per heavy atom. The second-order valence-electron chi connectivity index (χ2n) is 4.62. The Bertz CT molecular complexity index is 346. The molecule has 1 aromatic carbocycles. The van der Waals surface area contributed by atoms with Crippen molar-refractivity contribution in [2.45, 2.75) is 26.7 Å². The molecular formula is C14H23ClN2. The van der Waals surface area contributed by atoms with Crippen molar-refractivity contribution in [3.8, 4) is 0 Å². The molecule has 0 unspecified atom stereocenters. The monoisotopic (exact) mass is 254 g/mol. The molecule has 96 valence electrons. The minimum absolute atomic E-state index is 0.738. The van der Waals surface area contributed by atoms with Crippen molar-refractivity contribution in [3.63, 3.8) is 0 Å². The molecular weight excluding hydrogens is 232 g/mol. The number of nitrogens with one attached hydrogen (secondary N) is 1. The first-order valence-electron chi connectivity index (χ1n) is 6.29. The van der Waals surface area contributed by atoms with Crippen LogP contribution in [0.2, 0.25) is 5.02 Å². The molecule has 0 bridgehead atoms. The van der Waals surface area contributed by atoms with Crippen LogP contribution in [0.1, 0.15) is 26.7 Å². The standard InChI is InChI=1S/C14H23ClN2/c1-5-11(6-2)10-16-12-7-8-14(17(3)4)13(15)9-12/h7-9,11,16H,5-6,10H2,1-4H3. The Morgan fingerprint density at radius 2 is 1.88 bits per heavy atom. The van der Waals surface area contributed by atoms with Crippen molar-refractivity contribution in [1.29, 1.82) is 0 Å². The third kappa shape index (κ3) is 4.12. The molecule has 2 nitrogen and oxygen atoms in total. The van der Waals surface area contributed by atoms with Gasteiger partial charge in [0, 0.05) is 26.3 Å². The predicted octanol–water partition coefficient (Wildman–Crippen LogP) is 4.25. The lowest BCUT2D eigenvalue weighted by atomic mass is 10.0. The molecule has 0 aliphatic heterocycles. The molecule has 0 amide bonds. The van der Waals surface area contributed by atoms with E-state index in [-0.39, 0.29) is 0 Å². The van der Waals surface area contributed by atoms with E-state index in [4.69, 9.17) is 11.6 Å². The first-order valence-corrected chi connectivity index (χ1v) is 6.67. The van der Waals surface area contributed by atoms with E-state index in [1.165, 1.54) is 12.8 Å². The van der Waals surface area contributed by atoms with Gasteiger partial charge in [0.15, 0.2) is 0 Å². The number of hydrogen-bond acceptors (Lipinski definition) is 2. The zero-order valence-corrected chi connectivity index (χ0v) is 12.0. The summed E-state index contributed by atoms with van der Waals surface area (Å²) in [5.41, 5.74) is 2.16. The second-order valence-corrected chi connectivity index (χ2v) is 5.03. The molecule has 0 saturated carbocycles. The zero-order chi connectivity index (χ0) is 12.8. The average Bonchev–Trinajstić information content (AvgIpc) is 2.30. The fraction of sp³-hybridized carbons (Fsp3) is 0.571. The molecule has 17 heavy (non-hydrogen) atoms. The summed E-state index contributed by atoms with van der Waals surface area (Å²) in [6.45, 7) is 5.49. The zero-order valence-electron chi connectivity index (χ0n) is 11.3. The highest BCUT2D eigenvalue weighted by Gasteiger charge is 2.05. The molecule has 0 saturated heterocycles. The second kappa shape index (κ2) is 6.75. The third-order valence-electron chi connectivity index (χ3n) is 3.18. The van der Waals surface area contributed by atoms with Crippen LogP contribution in [0, 0.1) is 5.92 Å². The number of nitrogens with zero attached hydrogens (tertiary/aromatic N) is 1. The topological polar surface area (TPSA) is 15.3 Å². The summed E-state index contributed by atoms with van der Waals surface area (Å²) in [7, 11) is 4.00. The van der Waals surface area contributed by atoms with Gasteiger partial charge in [0.05, 0.1) is 10.7 Å². The van der Waals surface area contributed by atoms with Gasteiger partial charge in [0.1, 0.15) is 0 Å². The molecule has 1 N–H and O–H groups in total. The van der Waals surface area contributed by atoms with E-state index in [1.807, 2.05) is 25.1 Å². The summed E-state index contributed by atoms with van der Waals surface area (Å²) in [5, 5.41) is 4.25. The average molecular weight is 255 g/mol. The lowest BCUT2D eigenvalue weighted by Crippen LogP contribution is -2.13. The highest BCUT2D eigenvalue weighted by Crippen LogP contribution is 2.27. The molecule has 0 aliphatic rings. The van der Waals surface area contributed by atoms with Crippen LogP contribution in [0.15, 0.2) is 18.2 Å². The molecule has 0 aliphatic carbocycles. The van der Waals surface area contributed by atoms with Crippen LogP contribution in [0.4, 0.5) is 11.4 Å². The first kappa shape index (κ1) is 14.2. The normalized spacial score (nSPS) is 10.7. The van der Waals surface area contributed by atoms with Gasteiger partial charge in [-0.05, 0) is 24.1 Å². The Kier molecular flexibility index (Phi) is 5.63. The van der Waals surface area contributed by atoms with Crippen LogP contribution in [0.5, 0.6) is 0 Å². The van der Waals surface area contributed by atoms with Crippen molar-refractivity contribution < 1.29 is 0 Å². The summed E-state index contributed by atoms with van der Waals surface area (Å²) in [6, 6.07) is 6.14. The van der Waals surface area contributed by atoms with E-state index in [0.29, 0.717) is 0 Å². The Morgan fingerprint density at radius 1 is 1.24 bits per heavy atom. The maximum atomic E-state index is 6.23. The SMILES string of the molecule is CCC(CC)CNc1ccc(N(C)C)c(Cl)c1. The van der Waals surface area contributed by atoms with Crippen molar-refractivity contribution in [1.82, 2.24) is 0 Å². The highest BCUT2D eigenvalue weighted by atomic mass is 35.5. The van der Waals surface area contributed by atoms with E-state index in [9.17, 15) is 0 Å². The minimum atomic E-state index is 0.738. The van der Waals surface area contributed by atoms with Gasteiger partial charge in [-0.3, -0.25) is 0 Å². The van der Waals surface area contributed by atoms with Crippen molar-refractivity contribution in [3.05, 3.63) is 23.2 Å². The van der Waals surface area contributed by atoms with Crippen LogP contribution in [0.3, 0.4) is 0 Å². The van der Waals surface area contributed by atoms with Gasteiger partial charge >= 0.3 is 0 Å². The van der Waals surface area contributed by atoms with Gasteiger partial charge in [-0.2, -0.15) is 0 Å². The number of hydrogen-bond donors (Lipinski definition) is 1. The van der Waals surface area contributed by atoms with Gasteiger partial charge < -0.3 is 10.2 Å². The van der Waals surface area contributed by atoms with Gasteiger partial charge in [-0.25, -0.2) is 0 Å². The molecule has 0 atom stereocenters. The summed E-state index contributed by atoms with van der Waals surface area (Å²) in [5.74, 6) is 0.738. The number of anilines is 2. The van der Waals surface area contributed by atoms with Crippen molar-refractivity contribution in [2.24, 2.45) is 5.92 Å². The van der Waals surface area contributed by atoms with Crippen molar-refractivity contribution >= 4 is 23.0 Å². The first-order chi connectivity index (χ1) is 8.08. The lowest BCUT2D eigenvalue weighted by molar-refractivity contribution is 0.519. The van der Waals surface area contributed by atoms with E-state index >= 15 is 0 Å². The van der Waals surface area contributed by atoms with Crippen LogP contribution in [-0.2, 0) is 0 Å². The summed E-state index contributed by atoms with van der Waals surface area (Å²) in [4.78, 5) is 2.02.